The van der Waals surface area contributed by atoms with Gasteiger partial charge in [-0.15, -0.1) is 0 Å². The number of rotatable bonds is 4. The van der Waals surface area contributed by atoms with Gasteiger partial charge in [0.15, 0.2) is 11.6 Å². The molecule has 0 saturated carbocycles. The predicted molar refractivity (Wildman–Crippen MR) is 114 cm³/mol. The second kappa shape index (κ2) is 8.57. The summed E-state index contributed by atoms with van der Waals surface area (Å²) >= 11 is 5.93. The van der Waals surface area contributed by atoms with E-state index < -0.39 is 23.9 Å². The minimum Gasteiger partial charge on any atom is -0.482 e. The monoisotopic (exact) mass is 464 g/mol. The molecule has 0 aliphatic carbocycles. The number of halogens is 4. The fourth-order valence-electron chi connectivity index (χ4n) is 3.65. The number of nitrogens with one attached hydrogen (secondary N) is 1. The summed E-state index contributed by atoms with van der Waals surface area (Å²) in [5.41, 5.74) is 7.79. The van der Waals surface area contributed by atoms with Gasteiger partial charge in [0.05, 0.1) is 11.3 Å². The number of aromatic nitrogens is 2. The maximum absolute atomic E-state index is 13.4. The molecule has 0 fully saturated rings. The van der Waals surface area contributed by atoms with E-state index in [1.54, 1.807) is 12.3 Å². The van der Waals surface area contributed by atoms with Crippen LogP contribution in [0.15, 0.2) is 42.7 Å². The van der Waals surface area contributed by atoms with Gasteiger partial charge in [0, 0.05) is 47.2 Å². The van der Waals surface area contributed by atoms with Crippen molar-refractivity contribution < 1.29 is 23.0 Å². The van der Waals surface area contributed by atoms with Crippen molar-refractivity contribution in [2.24, 2.45) is 0 Å². The van der Waals surface area contributed by atoms with Gasteiger partial charge < -0.3 is 20.9 Å². The van der Waals surface area contributed by atoms with Crippen LogP contribution in [0.25, 0.3) is 11.1 Å². The Kier molecular flexibility index (Phi) is 5.98. The second-order valence-electron chi connectivity index (χ2n) is 7.51. The molecule has 2 atom stereocenters. The molecular formula is C22H20ClF3N4O2. The number of alkyl halides is 3. The molecule has 3 aromatic rings. The zero-order chi connectivity index (χ0) is 23.0. The average Bonchev–Trinajstić information content (AvgIpc) is 2.74. The Morgan fingerprint density at radius 2 is 1.91 bits per heavy atom. The van der Waals surface area contributed by atoms with Gasteiger partial charge in [-0.05, 0) is 42.8 Å². The predicted octanol–water partition coefficient (Wildman–Crippen LogP) is 4.67. The van der Waals surface area contributed by atoms with Crippen molar-refractivity contribution in [1.82, 2.24) is 15.3 Å². The number of nitrogen functional groups attached to an aromatic ring is 1. The molecule has 168 valence electrons. The molecule has 0 bridgehead atoms. The van der Waals surface area contributed by atoms with Gasteiger partial charge in [0.25, 0.3) is 0 Å². The smallest absolute Gasteiger partial charge is 0.416 e. The van der Waals surface area contributed by atoms with Crippen LogP contribution >= 0.6 is 11.6 Å². The number of pyridine rings is 2. The van der Waals surface area contributed by atoms with E-state index in [0.717, 1.165) is 11.6 Å². The highest BCUT2D eigenvalue weighted by Crippen LogP contribution is 2.38. The quantitative estimate of drug-likeness (QED) is 0.519. The first kappa shape index (κ1) is 22.3. The molecule has 3 heterocycles. The van der Waals surface area contributed by atoms with Crippen LogP contribution in [-0.2, 0) is 12.7 Å². The van der Waals surface area contributed by atoms with Crippen molar-refractivity contribution in [3.8, 4) is 16.9 Å². The molecule has 1 aromatic carbocycles. The van der Waals surface area contributed by atoms with E-state index in [4.69, 9.17) is 22.1 Å². The first-order valence-corrected chi connectivity index (χ1v) is 10.2. The summed E-state index contributed by atoms with van der Waals surface area (Å²) in [4.78, 5) is 8.49. The molecular weight excluding hydrogens is 445 g/mol. The van der Waals surface area contributed by atoms with Gasteiger partial charge in [-0.25, -0.2) is 4.98 Å². The van der Waals surface area contributed by atoms with Gasteiger partial charge >= 0.3 is 6.18 Å². The molecule has 1 aliphatic heterocycles. The Balaban J connectivity index is 1.66. The van der Waals surface area contributed by atoms with Crippen LogP contribution in [0.1, 0.15) is 41.5 Å². The highest BCUT2D eigenvalue weighted by molar-refractivity contribution is 6.30. The summed E-state index contributed by atoms with van der Waals surface area (Å²) in [5.74, 6) is 0.179. The van der Waals surface area contributed by atoms with Crippen LogP contribution in [0.5, 0.6) is 5.75 Å². The van der Waals surface area contributed by atoms with Crippen molar-refractivity contribution in [1.29, 1.82) is 0 Å². The fraction of sp³-hybridized carbons (Fsp3) is 0.273. The Bertz CT molecular complexity index is 1160. The molecule has 0 saturated heterocycles. The van der Waals surface area contributed by atoms with Crippen molar-refractivity contribution in [3.05, 3.63) is 70.1 Å². The molecule has 0 amide bonds. The zero-order valence-electron chi connectivity index (χ0n) is 16.9. The number of ether oxygens (including phenoxy) is 1. The van der Waals surface area contributed by atoms with E-state index in [1.807, 2.05) is 6.07 Å². The largest absolute Gasteiger partial charge is 0.482 e. The molecule has 1 aliphatic rings. The number of aliphatic hydroxyl groups excluding tert-OH is 1. The highest BCUT2D eigenvalue weighted by atomic mass is 35.5. The molecule has 1 unspecified atom stereocenters. The van der Waals surface area contributed by atoms with Crippen LogP contribution < -0.4 is 15.8 Å². The first-order valence-electron chi connectivity index (χ1n) is 9.80. The van der Waals surface area contributed by atoms with Gasteiger partial charge in [-0.1, -0.05) is 11.6 Å². The normalized spacial score (nSPS) is 17.0. The van der Waals surface area contributed by atoms with Crippen molar-refractivity contribution in [3.63, 3.8) is 0 Å². The summed E-state index contributed by atoms with van der Waals surface area (Å²) in [6, 6.07) is 6.82. The molecule has 0 radical (unpaired) electrons. The van der Waals surface area contributed by atoms with Crippen LogP contribution in [0.3, 0.4) is 0 Å². The summed E-state index contributed by atoms with van der Waals surface area (Å²) < 4.78 is 46.1. The number of aliphatic hydroxyl groups is 1. The molecule has 4 rings (SSSR count). The third-order valence-electron chi connectivity index (χ3n) is 5.25. The SMILES string of the molecule is C[C@@H](Oc1cc(-c2cnc3c(c2)CNCC3O)cnc1N)c1cc(Cl)ccc1C(F)(F)F. The van der Waals surface area contributed by atoms with Crippen molar-refractivity contribution >= 4 is 17.4 Å². The lowest BCUT2D eigenvalue weighted by Crippen LogP contribution is -2.28. The topological polar surface area (TPSA) is 93.3 Å². The molecule has 0 spiro atoms. The van der Waals surface area contributed by atoms with E-state index in [0.29, 0.717) is 29.9 Å². The van der Waals surface area contributed by atoms with Gasteiger partial charge in [-0.3, -0.25) is 4.98 Å². The minimum absolute atomic E-state index is 0.0409. The third-order valence-corrected chi connectivity index (χ3v) is 5.48. The number of β-amino-alcohol motifs (C(OH)–C–C–N with tert-alkyl or cyclic N) is 1. The summed E-state index contributed by atoms with van der Waals surface area (Å²) in [7, 11) is 0. The maximum atomic E-state index is 13.4. The molecule has 2 aromatic heterocycles. The lowest BCUT2D eigenvalue weighted by atomic mass is 10.0. The highest BCUT2D eigenvalue weighted by Gasteiger charge is 2.35. The van der Waals surface area contributed by atoms with Crippen molar-refractivity contribution in [2.75, 3.05) is 12.3 Å². The Morgan fingerprint density at radius 1 is 1.19 bits per heavy atom. The summed E-state index contributed by atoms with van der Waals surface area (Å²) in [5, 5.41) is 13.3. The molecule has 6 nitrogen and oxygen atoms in total. The number of hydrogen-bond acceptors (Lipinski definition) is 6. The number of anilines is 1. The lowest BCUT2D eigenvalue weighted by molar-refractivity contribution is -0.138. The van der Waals surface area contributed by atoms with E-state index in [1.165, 1.54) is 25.3 Å². The standard InChI is InChI=1S/C22H20ClF3N4O2/c1-11(16-6-15(23)2-3-17(16)22(24,25)26)32-19-5-13(9-30-21(19)27)12-4-14-7-28-10-18(31)20(14)29-8-12/h2-6,8-9,11,18,28,31H,7,10H2,1H3,(H2,27,30)/t11-,18?/m1/s1. The molecule has 10 heteroatoms. The maximum Gasteiger partial charge on any atom is 0.416 e. The van der Waals surface area contributed by atoms with Crippen LogP contribution in [-0.4, -0.2) is 21.6 Å². The average molecular weight is 465 g/mol. The van der Waals surface area contributed by atoms with E-state index >= 15 is 0 Å². The van der Waals surface area contributed by atoms with Crippen LogP contribution in [0.2, 0.25) is 5.02 Å². The third kappa shape index (κ3) is 4.50. The first-order chi connectivity index (χ1) is 15.1. The number of benzene rings is 1. The Hall–Kier alpha value is -2.88. The van der Waals surface area contributed by atoms with Crippen molar-refractivity contribution in [2.45, 2.75) is 31.9 Å². The number of fused-ring (bicyclic) bond motifs is 1. The van der Waals surface area contributed by atoms with Gasteiger partial charge in [-0.2, -0.15) is 13.2 Å². The Labute approximate surface area is 187 Å². The van der Waals surface area contributed by atoms with E-state index in [9.17, 15) is 18.3 Å². The lowest BCUT2D eigenvalue weighted by Gasteiger charge is -2.22. The molecule has 4 N–H and O–H groups in total. The fourth-order valence-corrected chi connectivity index (χ4v) is 3.83. The summed E-state index contributed by atoms with van der Waals surface area (Å²) in [6.45, 7) is 2.48. The Morgan fingerprint density at radius 3 is 2.66 bits per heavy atom. The summed E-state index contributed by atoms with van der Waals surface area (Å²) in [6.07, 6.45) is -3.10. The zero-order valence-corrected chi connectivity index (χ0v) is 17.7. The van der Waals surface area contributed by atoms with Crippen LogP contribution in [0, 0.1) is 0 Å². The minimum atomic E-state index is -4.56. The van der Waals surface area contributed by atoms with Gasteiger partial charge in [0.1, 0.15) is 12.2 Å². The number of nitrogens with zero attached hydrogens (tertiary/aromatic N) is 2. The van der Waals surface area contributed by atoms with Gasteiger partial charge in [0.2, 0.25) is 0 Å². The second-order valence-corrected chi connectivity index (χ2v) is 7.95. The van der Waals surface area contributed by atoms with Crippen LogP contribution in [0.4, 0.5) is 19.0 Å². The molecule has 32 heavy (non-hydrogen) atoms. The van der Waals surface area contributed by atoms with E-state index in [2.05, 4.69) is 15.3 Å². The number of hydrogen-bond donors (Lipinski definition) is 3. The van der Waals surface area contributed by atoms with E-state index in [-0.39, 0.29) is 22.2 Å². The number of nitrogens with two attached hydrogens (primary N) is 1.